The first-order valence-corrected chi connectivity index (χ1v) is 7.43. The highest BCUT2D eigenvalue weighted by Gasteiger charge is 2.27. The van der Waals surface area contributed by atoms with Crippen LogP contribution in [-0.2, 0) is 10.0 Å². The minimum atomic E-state index is -3.41. The summed E-state index contributed by atoms with van der Waals surface area (Å²) < 4.78 is 26.4. The highest BCUT2D eigenvalue weighted by Crippen LogP contribution is 2.30. The molecular weight excluding hydrogens is 336 g/mol. The number of thiophene rings is 1. The molecule has 1 aromatic rings. The van der Waals surface area contributed by atoms with Gasteiger partial charge in [0.2, 0.25) is 0 Å². The fourth-order valence-corrected chi connectivity index (χ4v) is 4.83. The second kappa shape index (κ2) is 6.32. The van der Waals surface area contributed by atoms with Crippen LogP contribution in [0.5, 0.6) is 0 Å². The number of hydrogen-bond donors (Lipinski definition) is 1. The molecule has 0 bridgehead atoms. The van der Waals surface area contributed by atoms with Crippen LogP contribution in [0.3, 0.4) is 0 Å². The van der Waals surface area contributed by atoms with Crippen LogP contribution in [0.2, 0.25) is 0 Å². The highest BCUT2D eigenvalue weighted by atomic mass is 79.9. The Morgan fingerprint density at radius 2 is 2.19 bits per heavy atom. The summed E-state index contributed by atoms with van der Waals surface area (Å²) in [7, 11) is -1.87. The van der Waals surface area contributed by atoms with Gasteiger partial charge >= 0.3 is 0 Å². The number of hydrogen-bond acceptors (Lipinski definition) is 4. The lowest BCUT2D eigenvalue weighted by molar-refractivity contribution is 0.395. The number of nitrogens with zero attached hydrogens (tertiary/aromatic N) is 1. The van der Waals surface area contributed by atoms with Crippen LogP contribution in [0.15, 0.2) is 20.1 Å². The highest BCUT2D eigenvalue weighted by molar-refractivity contribution is 9.10. The molecule has 1 rings (SSSR count). The molecule has 0 spiro atoms. The van der Waals surface area contributed by atoms with Gasteiger partial charge in [0.1, 0.15) is 4.21 Å². The summed E-state index contributed by atoms with van der Waals surface area (Å²) in [5.41, 5.74) is 5.45. The maximum absolute atomic E-state index is 12.1. The average Bonchev–Trinajstić information content (AvgIpc) is 2.62. The normalized spacial score (nSPS) is 13.6. The van der Waals surface area contributed by atoms with Gasteiger partial charge in [-0.2, -0.15) is 4.31 Å². The number of rotatable bonds is 4. The van der Waals surface area contributed by atoms with Gasteiger partial charge in [0.25, 0.3) is 10.0 Å². The fraction of sp³-hybridized carbons (Fsp3) is 0.500. The summed E-state index contributed by atoms with van der Waals surface area (Å²) in [6, 6.07) is 1.52. The SMILES string of the molecule is CC(CN)N(C)S(=O)(=O)c1sccc1Br.Cl. The molecule has 1 unspecified atom stereocenters. The minimum absolute atomic E-state index is 0. The number of likely N-dealkylation sites (N-methyl/N-ethyl adjacent to an activating group) is 1. The van der Waals surface area contributed by atoms with Crippen LogP contribution < -0.4 is 5.73 Å². The predicted octanol–water partition coefficient (Wildman–Crippen LogP) is 1.90. The molecule has 4 nitrogen and oxygen atoms in total. The topological polar surface area (TPSA) is 63.4 Å². The van der Waals surface area contributed by atoms with Crippen molar-refractivity contribution >= 4 is 49.7 Å². The Labute approximate surface area is 114 Å². The molecule has 94 valence electrons. The largest absolute Gasteiger partial charge is 0.329 e. The molecule has 0 aliphatic rings. The smallest absolute Gasteiger partial charge is 0.253 e. The Balaban J connectivity index is 0.00000225. The molecule has 2 N–H and O–H groups in total. The summed E-state index contributed by atoms with van der Waals surface area (Å²) in [5, 5.41) is 1.73. The predicted molar refractivity (Wildman–Crippen MR) is 72.7 cm³/mol. The Kier molecular flexibility index (Phi) is 6.45. The Morgan fingerprint density at radius 1 is 1.62 bits per heavy atom. The van der Waals surface area contributed by atoms with E-state index in [2.05, 4.69) is 15.9 Å². The average molecular weight is 350 g/mol. The first kappa shape index (κ1) is 16.3. The Bertz CT molecular complexity index is 435. The molecule has 8 heteroatoms. The maximum Gasteiger partial charge on any atom is 0.253 e. The Morgan fingerprint density at radius 3 is 2.56 bits per heavy atom. The van der Waals surface area contributed by atoms with Crippen LogP contribution in [-0.4, -0.2) is 32.4 Å². The Hall–Kier alpha value is 0.340. The first-order chi connectivity index (χ1) is 6.91. The lowest BCUT2D eigenvalue weighted by atomic mass is 10.4. The van der Waals surface area contributed by atoms with Gasteiger partial charge in [-0.05, 0) is 34.3 Å². The number of nitrogens with two attached hydrogens (primary N) is 1. The zero-order valence-electron chi connectivity index (χ0n) is 8.88. The van der Waals surface area contributed by atoms with E-state index < -0.39 is 10.0 Å². The lowest BCUT2D eigenvalue weighted by Gasteiger charge is -2.22. The minimum Gasteiger partial charge on any atom is -0.329 e. The van der Waals surface area contributed by atoms with E-state index in [4.69, 9.17) is 5.73 Å². The van der Waals surface area contributed by atoms with Gasteiger partial charge in [0.05, 0.1) is 0 Å². The van der Waals surface area contributed by atoms with Gasteiger partial charge in [0, 0.05) is 24.1 Å². The molecule has 0 saturated heterocycles. The summed E-state index contributed by atoms with van der Waals surface area (Å²) in [4.78, 5) is 0. The van der Waals surface area contributed by atoms with Gasteiger partial charge in [-0.3, -0.25) is 0 Å². The molecule has 0 fully saturated rings. The van der Waals surface area contributed by atoms with Crippen LogP contribution in [0.1, 0.15) is 6.92 Å². The molecule has 1 aromatic heterocycles. The summed E-state index contributed by atoms with van der Waals surface area (Å²) in [6.45, 7) is 2.08. The van der Waals surface area contributed by atoms with Crippen LogP contribution >= 0.6 is 39.7 Å². The van der Waals surface area contributed by atoms with Gasteiger partial charge < -0.3 is 5.73 Å². The maximum atomic E-state index is 12.1. The number of halogens is 2. The first-order valence-electron chi connectivity index (χ1n) is 4.32. The van der Waals surface area contributed by atoms with E-state index >= 15 is 0 Å². The third-order valence-electron chi connectivity index (χ3n) is 2.16. The van der Waals surface area contributed by atoms with Gasteiger partial charge in [0.15, 0.2) is 0 Å². The van der Waals surface area contributed by atoms with Crippen molar-refractivity contribution in [1.29, 1.82) is 0 Å². The molecule has 0 aromatic carbocycles. The van der Waals surface area contributed by atoms with Crippen molar-refractivity contribution in [2.45, 2.75) is 17.2 Å². The van der Waals surface area contributed by atoms with E-state index in [1.165, 1.54) is 15.6 Å². The van der Waals surface area contributed by atoms with E-state index in [1.54, 1.807) is 25.4 Å². The molecule has 1 atom stereocenters. The summed E-state index contributed by atoms with van der Waals surface area (Å²) in [5.74, 6) is 0. The standard InChI is InChI=1S/C8H13BrN2O2S2.ClH/c1-6(5-10)11(2)15(12,13)8-7(9)3-4-14-8;/h3-4,6H,5,10H2,1-2H3;1H. The third kappa shape index (κ3) is 3.18. The molecule has 0 aliphatic heterocycles. The third-order valence-corrected chi connectivity index (χ3v) is 6.78. The van der Waals surface area contributed by atoms with E-state index in [9.17, 15) is 8.42 Å². The van der Waals surface area contributed by atoms with Crippen molar-refractivity contribution < 1.29 is 8.42 Å². The van der Waals surface area contributed by atoms with Crippen molar-refractivity contribution in [3.05, 3.63) is 15.9 Å². The second-order valence-corrected chi connectivity index (χ2v) is 7.13. The molecule has 16 heavy (non-hydrogen) atoms. The van der Waals surface area contributed by atoms with Crippen LogP contribution in [0.4, 0.5) is 0 Å². The van der Waals surface area contributed by atoms with Crippen LogP contribution in [0.25, 0.3) is 0 Å². The molecule has 0 radical (unpaired) electrons. The summed E-state index contributed by atoms with van der Waals surface area (Å²) >= 11 is 4.41. The van der Waals surface area contributed by atoms with Crippen molar-refractivity contribution in [2.24, 2.45) is 5.73 Å². The monoisotopic (exact) mass is 348 g/mol. The van der Waals surface area contributed by atoms with Gasteiger partial charge in [-0.15, -0.1) is 23.7 Å². The fourth-order valence-electron chi connectivity index (χ4n) is 0.980. The summed E-state index contributed by atoms with van der Waals surface area (Å²) in [6.07, 6.45) is 0. The van der Waals surface area contributed by atoms with E-state index in [-0.39, 0.29) is 18.4 Å². The van der Waals surface area contributed by atoms with Gasteiger partial charge in [-0.1, -0.05) is 0 Å². The molecule has 0 saturated carbocycles. The van der Waals surface area contributed by atoms with Crippen LogP contribution in [0, 0.1) is 0 Å². The van der Waals surface area contributed by atoms with Crippen molar-refractivity contribution in [2.75, 3.05) is 13.6 Å². The molecule has 0 amide bonds. The van der Waals surface area contributed by atoms with Gasteiger partial charge in [-0.25, -0.2) is 8.42 Å². The zero-order chi connectivity index (χ0) is 11.6. The lowest BCUT2D eigenvalue weighted by Crippen LogP contribution is -2.39. The van der Waals surface area contributed by atoms with E-state index in [0.29, 0.717) is 15.2 Å². The van der Waals surface area contributed by atoms with E-state index in [0.717, 1.165) is 0 Å². The van der Waals surface area contributed by atoms with Crippen molar-refractivity contribution in [3.63, 3.8) is 0 Å². The molecule has 0 aliphatic carbocycles. The van der Waals surface area contributed by atoms with Crippen molar-refractivity contribution in [3.8, 4) is 0 Å². The van der Waals surface area contributed by atoms with Crippen molar-refractivity contribution in [1.82, 2.24) is 4.31 Å². The van der Waals surface area contributed by atoms with E-state index in [1.807, 2.05) is 0 Å². The molecular formula is C8H14BrClN2O2S2. The second-order valence-electron chi connectivity index (χ2n) is 3.16. The zero-order valence-corrected chi connectivity index (χ0v) is 12.9. The number of sulfonamides is 1. The molecule has 1 heterocycles. The quantitative estimate of drug-likeness (QED) is 0.903.